The summed E-state index contributed by atoms with van der Waals surface area (Å²) in [5.41, 5.74) is 1.61. The number of nitrogens with zero attached hydrogens (tertiary/aromatic N) is 1. The zero-order valence-electron chi connectivity index (χ0n) is 11.5. The second kappa shape index (κ2) is 6.33. The number of hydrogen-bond donors (Lipinski definition) is 0. The highest BCUT2D eigenvalue weighted by Gasteiger charge is 2.19. The van der Waals surface area contributed by atoms with Gasteiger partial charge in [-0.1, -0.05) is 22.4 Å². The van der Waals surface area contributed by atoms with E-state index in [0.717, 1.165) is 11.1 Å². The molecular weight excluding hydrogens is 286 g/mol. The molecule has 0 bridgehead atoms. The van der Waals surface area contributed by atoms with Gasteiger partial charge in [0.25, 0.3) is 5.69 Å². The van der Waals surface area contributed by atoms with Gasteiger partial charge in [-0.3, -0.25) is 10.1 Å². The molecule has 4 nitrogen and oxygen atoms in total. The van der Waals surface area contributed by atoms with E-state index in [1.807, 2.05) is 30.3 Å². The van der Waals surface area contributed by atoms with E-state index in [-0.39, 0.29) is 11.4 Å². The molecule has 0 saturated carbocycles. The molecule has 1 atom stereocenters. The third-order valence-electron chi connectivity index (χ3n) is 2.77. The predicted octanol–water partition coefficient (Wildman–Crippen LogP) is 3.23. The van der Waals surface area contributed by atoms with Gasteiger partial charge in [0.2, 0.25) is 0 Å². The Hall–Kier alpha value is -2.45. The van der Waals surface area contributed by atoms with Crippen molar-refractivity contribution < 1.29 is 9.13 Å². The molecule has 0 aliphatic heterocycles. The molecule has 0 saturated heterocycles. The van der Waals surface area contributed by atoms with Crippen LogP contribution in [-0.2, 0) is 19.9 Å². The van der Waals surface area contributed by atoms with E-state index in [1.54, 1.807) is 18.4 Å². The molecule has 0 aliphatic rings. The van der Waals surface area contributed by atoms with Crippen molar-refractivity contribution in [2.75, 3.05) is 6.26 Å². The maximum absolute atomic E-state index is 12.4. The van der Waals surface area contributed by atoms with Gasteiger partial charge in [-0.05, 0) is 30.2 Å². The zero-order chi connectivity index (χ0) is 15.3. The van der Waals surface area contributed by atoms with Gasteiger partial charge in [0.05, 0.1) is 4.92 Å². The van der Waals surface area contributed by atoms with Crippen LogP contribution in [0.3, 0.4) is 0 Å². The van der Waals surface area contributed by atoms with Crippen molar-refractivity contribution in [1.82, 2.24) is 0 Å². The quantitative estimate of drug-likeness (QED) is 0.378. The minimum Gasteiger partial charge on any atom is -0.258 e. The van der Waals surface area contributed by atoms with Gasteiger partial charge in [0.1, 0.15) is 12.0 Å². The molecule has 5 heteroatoms. The van der Waals surface area contributed by atoms with Crippen LogP contribution in [0.2, 0.25) is 0 Å². The molecular formula is C16H14NO3S+. The Morgan fingerprint density at radius 2 is 1.71 bits per heavy atom. The number of hydrogen-bond acceptors (Lipinski definition) is 3. The predicted molar refractivity (Wildman–Crippen MR) is 84.1 cm³/mol. The second-order valence-corrected chi connectivity index (χ2v) is 7.17. The highest BCUT2D eigenvalue weighted by molar-refractivity contribution is 8.05. The topological polar surface area (TPSA) is 60.2 Å². The van der Waals surface area contributed by atoms with Gasteiger partial charge in [-0.25, -0.2) is 0 Å². The van der Waals surface area contributed by atoms with Gasteiger partial charge < -0.3 is 0 Å². The average Bonchev–Trinajstić information content (AvgIpc) is 2.46. The fraction of sp³-hybridized carbons (Fsp3) is 0.125. The average molecular weight is 300 g/mol. The first-order chi connectivity index (χ1) is 9.96. The smallest absolute Gasteiger partial charge is 0.258 e. The van der Waals surface area contributed by atoms with E-state index >= 15 is 0 Å². The lowest BCUT2D eigenvalue weighted by molar-refractivity contribution is -0.384. The lowest BCUT2D eigenvalue weighted by Gasteiger charge is -1.99. The van der Waals surface area contributed by atoms with Gasteiger partial charge in [-0.2, -0.15) is 0 Å². The Morgan fingerprint density at radius 3 is 2.29 bits per heavy atom. The van der Waals surface area contributed by atoms with Crippen LogP contribution in [0, 0.1) is 21.3 Å². The van der Waals surface area contributed by atoms with Crippen molar-refractivity contribution in [3.8, 4) is 11.2 Å². The second-order valence-electron chi connectivity index (χ2n) is 4.67. The molecule has 106 valence electrons. The van der Waals surface area contributed by atoms with Gasteiger partial charge in [0, 0.05) is 23.3 Å². The van der Waals surface area contributed by atoms with E-state index in [1.165, 1.54) is 12.1 Å². The number of benzene rings is 2. The summed E-state index contributed by atoms with van der Waals surface area (Å²) in [6.07, 6.45) is 1.60. The Morgan fingerprint density at radius 1 is 1.10 bits per heavy atom. The maximum Gasteiger partial charge on any atom is 0.269 e. The van der Waals surface area contributed by atoms with Gasteiger partial charge in [0.15, 0.2) is 15.2 Å². The standard InChI is InChI=1S/C16H14NO3S/c1-21(20,12-11-14-5-3-2-4-6-14)13-15-7-9-16(10-8-15)17(18)19/h2-10H,13H2,1H3/q+1. The lowest BCUT2D eigenvalue weighted by Crippen LogP contribution is -2.08. The van der Waals surface area contributed by atoms with Crippen molar-refractivity contribution in [2.45, 2.75) is 5.75 Å². The molecule has 0 aromatic heterocycles. The monoisotopic (exact) mass is 300 g/mol. The van der Waals surface area contributed by atoms with Crippen LogP contribution >= 0.6 is 0 Å². The van der Waals surface area contributed by atoms with Crippen molar-refractivity contribution in [1.29, 1.82) is 0 Å². The summed E-state index contributed by atoms with van der Waals surface area (Å²) < 4.78 is 12.4. The lowest BCUT2D eigenvalue weighted by atomic mass is 10.2. The van der Waals surface area contributed by atoms with Crippen LogP contribution < -0.4 is 0 Å². The van der Waals surface area contributed by atoms with Crippen molar-refractivity contribution in [3.63, 3.8) is 0 Å². The molecule has 1 unspecified atom stereocenters. The summed E-state index contributed by atoms with van der Waals surface area (Å²) in [5.74, 6) is 3.18. The van der Waals surface area contributed by atoms with Crippen LogP contribution in [0.15, 0.2) is 54.6 Å². The molecule has 2 aromatic rings. The first kappa shape index (κ1) is 14.9. The van der Waals surface area contributed by atoms with E-state index in [9.17, 15) is 14.3 Å². The van der Waals surface area contributed by atoms with Gasteiger partial charge in [-0.15, -0.1) is 0 Å². The van der Waals surface area contributed by atoms with Crippen molar-refractivity contribution >= 4 is 15.6 Å². The van der Waals surface area contributed by atoms with E-state index < -0.39 is 14.9 Å². The summed E-state index contributed by atoms with van der Waals surface area (Å²) in [6, 6.07) is 15.4. The summed E-state index contributed by atoms with van der Waals surface area (Å²) in [6.45, 7) is 0. The van der Waals surface area contributed by atoms with Crippen LogP contribution in [-0.4, -0.2) is 11.2 Å². The summed E-state index contributed by atoms with van der Waals surface area (Å²) >= 11 is 0. The summed E-state index contributed by atoms with van der Waals surface area (Å²) in [7, 11) is -2.35. The SMILES string of the molecule is C[S+](=O)(C#Cc1ccccc1)Cc1ccc([N+](=O)[O-])cc1. The Balaban J connectivity index is 2.12. The molecule has 0 radical (unpaired) electrons. The Labute approximate surface area is 124 Å². The number of nitro groups is 1. The first-order valence-electron chi connectivity index (χ1n) is 6.24. The highest BCUT2D eigenvalue weighted by Crippen LogP contribution is 2.16. The normalized spacial score (nSPS) is 12.8. The largest absolute Gasteiger partial charge is 0.269 e. The number of rotatable bonds is 3. The maximum atomic E-state index is 12.4. The molecule has 21 heavy (non-hydrogen) atoms. The van der Waals surface area contributed by atoms with E-state index in [4.69, 9.17) is 0 Å². The molecule has 0 fully saturated rings. The van der Waals surface area contributed by atoms with Crippen LogP contribution in [0.25, 0.3) is 0 Å². The third kappa shape index (κ3) is 4.55. The Bertz CT molecular complexity index is 743. The molecule has 0 N–H and O–H groups in total. The van der Waals surface area contributed by atoms with Crippen LogP contribution in [0.1, 0.15) is 11.1 Å². The molecule has 0 aliphatic carbocycles. The van der Waals surface area contributed by atoms with Crippen LogP contribution in [0.4, 0.5) is 5.69 Å². The minimum absolute atomic E-state index is 0.0247. The van der Waals surface area contributed by atoms with Crippen molar-refractivity contribution in [3.05, 3.63) is 75.8 Å². The summed E-state index contributed by atoms with van der Waals surface area (Å²) in [4.78, 5) is 10.1. The zero-order valence-corrected chi connectivity index (χ0v) is 12.3. The molecule has 0 spiro atoms. The van der Waals surface area contributed by atoms with E-state index in [2.05, 4.69) is 11.2 Å². The molecule has 0 amide bonds. The van der Waals surface area contributed by atoms with Crippen molar-refractivity contribution in [2.24, 2.45) is 0 Å². The number of nitro benzene ring substituents is 1. The fourth-order valence-electron chi connectivity index (χ4n) is 1.76. The van der Waals surface area contributed by atoms with Gasteiger partial charge >= 0.3 is 0 Å². The minimum atomic E-state index is -2.35. The first-order valence-corrected chi connectivity index (χ1v) is 8.38. The Kier molecular flexibility index (Phi) is 4.51. The third-order valence-corrected chi connectivity index (χ3v) is 4.19. The summed E-state index contributed by atoms with van der Waals surface area (Å²) in [5, 5.41) is 13.4. The van der Waals surface area contributed by atoms with E-state index in [0.29, 0.717) is 0 Å². The molecule has 2 rings (SSSR count). The molecule has 2 aromatic carbocycles. The number of non-ortho nitro benzene ring substituents is 1. The fourth-order valence-corrected chi connectivity index (χ4v) is 2.99. The van der Waals surface area contributed by atoms with Crippen LogP contribution in [0.5, 0.6) is 0 Å². The molecule has 0 heterocycles. The highest BCUT2D eigenvalue weighted by atomic mass is 32.2.